The minimum absolute atomic E-state index is 0.384. The van der Waals surface area contributed by atoms with Crippen molar-refractivity contribution in [2.75, 3.05) is 0 Å². The van der Waals surface area contributed by atoms with E-state index in [-0.39, 0.29) is 0 Å². The average Bonchev–Trinajstić information content (AvgIpc) is 2.44. The number of alkyl halides is 3. The molecule has 0 radical (unpaired) electrons. The maximum atomic E-state index is 13.5. The Kier molecular flexibility index (Phi) is 3.46. The molecule has 0 N–H and O–H groups in total. The first-order valence-electron chi connectivity index (χ1n) is 8.85. The van der Waals surface area contributed by atoms with Crippen molar-refractivity contribution in [2.45, 2.75) is 39.6 Å². The van der Waals surface area contributed by atoms with E-state index in [0.717, 1.165) is 12.1 Å². The number of aromatic nitrogens is 1. The third kappa shape index (κ3) is 3.66. The first-order valence-corrected chi connectivity index (χ1v) is 10.9. The fraction of sp³-hybridized carbons (Fsp3) is 0.389. The molecule has 23 heavy (non-hydrogen) atoms. The van der Waals surface area contributed by atoms with Gasteiger partial charge < -0.3 is 0 Å². The molecule has 1 nitrogen and oxygen atoms in total. The molecule has 0 atom stereocenters. The Balaban J connectivity index is 2.72. The van der Waals surface area contributed by atoms with Gasteiger partial charge in [-0.25, -0.2) is 4.57 Å². The van der Waals surface area contributed by atoms with Gasteiger partial charge in [-0.3, -0.25) is 0 Å². The van der Waals surface area contributed by atoms with Crippen molar-refractivity contribution < 1.29 is 21.9 Å². The number of nitrogens with zero attached hydrogens (tertiary/aromatic N) is 1. The van der Waals surface area contributed by atoms with E-state index in [1.807, 2.05) is 22.9 Å². The Hall–Kier alpha value is -1.62. The summed E-state index contributed by atoms with van der Waals surface area (Å²) in [6, 6.07) is 5.86. The van der Waals surface area contributed by atoms with Crippen molar-refractivity contribution in [1.82, 2.24) is 0 Å². The number of halogens is 3. The summed E-state index contributed by atoms with van der Waals surface area (Å²) >= 11 is 0. The summed E-state index contributed by atoms with van der Waals surface area (Å²) in [7, 11) is 0.243. The third-order valence-corrected chi connectivity index (χ3v) is 5.97. The molecule has 1 aromatic heterocycles. The van der Waals surface area contributed by atoms with Crippen LogP contribution >= 0.6 is 0 Å². The normalized spacial score (nSPS) is 15.0. The Labute approximate surface area is 141 Å². The van der Waals surface area contributed by atoms with Gasteiger partial charge in [0.2, 0.25) is 5.69 Å². The summed E-state index contributed by atoms with van der Waals surface area (Å²) in [4.78, 5) is 0. The lowest BCUT2D eigenvalue weighted by atomic mass is 9.97. The van der Waals surface area contributed by atoms with E-state index in [9.17, 15) is 13.2 Å². The molecular weight excluding hydrogens is 315 g/mol. The van der Waals surface area contributed by atoms with Gasteiger partial charge in [0.05, 0.1) is 13.6 Å². The quantitative estimate of drug-likeness (QED) is 0.564. The highest BCUT2D eigenvalue weighted by molar-refractivity contribution is 6.88. The van der Waals surface area contributed by atoms with Crippen LogP contribution in [-0.2, 0) is 13.2 Å². The van der Waals surface area contributed by atoms with Crippen LogP contribution in [0.25, 0.3) is 11.3 Å². The fourth-order valence-electron chi connectivity index (χ4n) is 2.55. The average molecular weight is 341 g/mol. The van der Waals surface area contributed by atoms with Gasteiger partial charge in [0.25, 0.3) is 0 Å². The Morgan fingerprint density at radius 1 is 1.09 bits per heavy atom. The molecule has 0 aliphatic rings. The number of benzene rings is 1. The zero-order chi connectivity index (χ0) is 20.1. The fourth-order valence-corrected chi connectivity index (χ4v) is 3.71. The smallest absolute Gasteiger partial charge is 0.201 e. The molecule has 0 saturated carbocycles. The lowest BCUT2D eigenvalue weighted by molar-refractivity contribution is -0.659. The van der Waals surface area contributed by atoms with Crippen molar-refractivity contribution in [2.24, 2.45) is 7.05 Å². The molecular formula is C18H23F3NSi+. The van der Waals surface area contributed by atoms with Gasteiger partial charge in [-0.2, -0.15) is 13.2 Å². The van der Waals surface area contributed by atoms with E-state index >= 15 is 0 Å². The molecule has 0 unspecified atom stereocenters. The topological polar surface area (TPSA) is 3.88 Å². The molecule has 1 heterocycles. The standard InChI is InChI=1S/C18H23F3NSi/c1-12-9-13(2)16(18(19,20)21)10-15(12)17-8-7-14(11-22(17)3)23(4,5)6/h7-11H,1-6H3/q+1/i2D3. The summed E-state index contributed by atoms with van der Waals surface area (Å²) in [5, 5.41) is 1.19. The van der Waals surface area contributed by atoms with Crippen LogP contribution in [-0.4, -0.2) is 8.07 Å². The summed E-state index contributed by atoms with van der Waals surface area (Å²) in [5.41, 5.74) is -0.262. The number of rotatable bonds is 2. The maximum Gasteiger partial charge on any atom is 0.416 e. The third-order valence-electron chi connectivity index (χ3n) is 3.95. The highest BCUT2D eigenvalue weighted by Gasteiger charge is 2.33. The van der Waals surface area contributed by atoms with Crippen LogP contribution in [0.3, 0.4) is 0 Å². The van der Waals surface area contributed by atoms with Crippen molar-refractivity contribution in [3.05, 3.63) is 47.2 Å². The molecule has 2 rings (SSSR count). The Morgan fingerprint density at radius 2 is 1.74 bits per heavy atom. The van der Waals surface area contributed by atoms with E-state index in [1.54, 1.807) is 14.0 Å². The lowest BCUT2D eigenvalue weighted by Gasteiger charge is -2.16. The molecule has 0 spiro atoms. The first kappa shape index (κ1) is 13.8. The highest BCUT2D eigenvalue weighted by Crippen LogP contribution is 2.35. The predicted molar refractivity (Wildman–Crippen MR) is 90.5 cm³/mol. The SMILES string of the molecule is [2H]C([2H])([2H])c1cc(C)c(-c2ccc([Si](C)(C)C)c[n+]2C)cc1C(F)(F)F. The zero-order valence-corrected chi connectivity index (χ0v) is 15.0. The van der Waals surface area contributed by atoms with E-state index < -0.39 is 32.2 Å². The van der Waals surface area contributed by atoms with Crippen LogP contribution in [0.1, 0.15) is 20.8 Å². The van der Waals surface area contributed by atoms with Crippen LogP contribution in [0.15, 0.2) is 30.5 Å². The second kappa shape index (κ2) is 5.78. The molecule has 1 aromatic carbocycles. The molecule has 0 aliphatic carbocycles. The van der Waals surface area contributed by atoms with Gasteiger partial charge in [0.15, 0.2) is 6.20 Å². The summed E-state index contributed by atoms with van der Waals surface area (Å²) in [6.45, 7) is 5.40. The largest absolute Gasteiger partial charge is 0.416 e. The van der Waals surface area contributed by atoms with Gasteiger partial charge in [-0.15, -0.1) is 0 Å². The second-order valence-corrected chi connectivity index (χ2v) is 12.0. The molecule has 2 aromatic rings. The van der Waals surface area contributed by atoms with Crippen molar-refractivity contribution in [3.63, 3.8) is 0 Å². The summed E-state index contributed by atoms with van der Waals surface area (Å²) < 4.78 is 64.5. The molecule has 5 heteroatoms. The van der Waals surface area contributed by atoms with Crippen molar-refractivity contribution in [1.29, 1.82) is 0 Å². The summed E-state index contributed by atoms with van der Waals surface area (Å²) in [5.74, 6) is 0. The van der Waals surface area contributed by atoms with Crippen LogP contribution < -0.4 is 9.75 Å². The van der Waals surface area contributed by atoms with Gasteiger partial charge in [0, 0.05) is 20.9 Å². The zero-order valence-electron chi connectivity index (χ0n) is 17.0. The van der Waals surface area contributed by atoms with Gasteiger partial charge in [-0.05, 0) is 31.0 Å². The minimum Gasteiger partial charge on any atom is -0.201 e. The van der Waals surface area contributed by atoms with Gasteiger partial charge >= 0.3 is 6.18 Å². The lowest BCUT2D eigenvalue weighted by Crippen LogP contribution is -2.45. The van der Waals surface area contributed by atoms with E-state index in [4.69, 9.17) is 4.11 Å². The van der Waals surface area contributed by atoms with E-state index in [0.29, 0.717) is 16.8 Å². The predicted octanol–water partition coefficient (Wildman–Crippen LogP) is 4.36. The van der Waals surface area contributed by atoms with Crippen LogP contribution in [0.5, 0.6) is 0 Å². The second-order valence-electron chi connectivity index (χ2n) is 6.87. The number of aryl methyl sites for hydroxylation is 3. The van der Waals surface area contributed by atoms with Crippen LogP contribution in [0.4, 0.5) is 13.2 Å². The van der Waals surface area contributed by atoms with Crippen molar-refractivity contribution >= 4 is 13.3 Å². The molecule has 0 aliphatic heterocycles. The Bertz CT molecular complexity index is 837. The highest BCUT2D eigenvalue weighted by atomic mass is 28.3. The monoisotopic (exact) mass is 341 g/mol. The van der Waals surface area contributed by atoms with Crippen molar-refractivity contribution in [3.8, 4) is 11.3 Å². The van der Waals surface area contributed by atoms with E-state index in [1.165, 1.54) is 5.19 Å². The van der Waals surface area contributed by atoms with Crippen LogP contribution in [0, 0.1) is 13.8 Å². The maximum absolute atomic E-state index is 13.5. The van der Waals surface area contributed by atoms with Gasteiger partial charge in [0.1, 0.15) is 7.05 Å². The molecule has 124 valence electrons. The summed E-state index contributed by atoms with van der Waals surface area (Å²) in [6.07, 6.45) is -2.78. The minimum atomic E-state index is -4.73. The molecule has 0 amide bonds. The van der Waals surface area contributed by atoms with E-state index in [2.05, 4.69) is 19.6 Å². The number of hydrogen-bond donors (Lipinski definition) is 0. The number of hydrogen-bond acceptors (Lipinski definition) is 0. The first-order chi connectivity index (χ1) is 11.6. The van der Waals surface area contributed by atoms with Crippen LogP contribution in [0.2, 0.25) is 19.6 Å². The van der Waals surface area contributed by atoms with Gasteiger partial charge in [-0.1, -0.05) is 31.8 Å². The molecule has 0 saturated heterocycles. The molecule has 0 fully saturated rings. The molecule has 0 bridgehead atoms. The number of pyridine rings is 1. The Morgan fingerprint density at radius 3 is 2.22 bits per heavy atom.